The van der Waals surface area contributed by atoms with E-state index in [0.29, 0.717) is 23.2 Å². The van der Waals surface area contributed by atoms with Gasteiger partial charge in [-0.15, -0.1) is 0 Å². The van der Waals surface area contributed by atoms with Gasteiger partial charge in [-0.05, 0) is 30.5 Å². The second-order valence-corrected chi connectivity index (χ2v) is 6.09. The van der Waals surface area contributed by atoms with Crippen LogP contribution in [0.2, 0.25) is 0 Å². The number of aryl methyl sites for hydroxylation is 1. The van der Waals surface area contributed by atoms with Gasteiger partial charge in [0.1, 0.15) is 12.0 Å². The Morgan fingerprint density at radius 1 is 1.48 bits per heavy atom. The van der Waals surface area contributed by atoms with Crippen LogP contribution < -0.4 is 10.6 Å². The van der Waals surface area contributed by atoms with Gasteiger partial charge in [0.2, 0.25) is 5.91 Å². The van der Waals surface area contributed by atoms with Crippen molar-refractivity contribution < 1.29 is 19.4 Å². The van der Waals surface area contributed by atoms with Crippen molar-refractivity contribution in [3.63, 3.8) is 0 Å². The molecule has 0 fully saturated rings. The molecule has 2 atom stereocenters. The maximum Gasteiger partial charge on any atom is 0.260 e. The molecule has 0 radical (unpaired) electrons. The third-order valence-corrected chi connectivity index (χ3v) is 4.54. The van der Waals surface area contributed by atoms with E-state index in [1.54, 1.807) is 50.4 Å². The number of aromatic hydroxyl groups is 1. The van der Waals surface area contributed by atoms with Crippen LogP contribution in [0, 0.1) is 6.92 Å². The molecule has 2 unspecified atom stereocenters. The van der Waals surface area contributed by atoms with Gasteiger partial charge in [0.15, 0.2) is 0 Å². The van der Waals surface area contributed by atoms with E-state index >= 15 is 0 Å². The number of benzene rings is 1. The summed E-state index contributed by atoms with van der Waals surface area (Å²) in [6.07, 6.45) is 4.91. The first-order chi connectivity index (χ1) is 12.0. The number of methoxy groups -OCH3 is 1. The average molecular weight is 343 g/mol. The average Bonchev–Trinajstić information content (AvgIpc) is 3.00. The molecule has 0 aromatic heterocycles. The second-order valence-electron chi connectivity index (χ2n) is 6.09. The van der Waals surface area contributed by atoms with E-state index < -0.39 is 6.23 Å². The Labute approximate surface area is 146 Å². The first-order valence-corrected chi connectivity index (χ1v) is 8.01. The Balaban J connectivity index is 1.99. The van der Waals surface area contributed by atoms with Crippen molar-refractivity contribution in [3.8, 4) is 5.75 Å². The lowest BCUT2D eigenvalue weighted by molar-refractivity contribution is -0.116. The van der Waals surface area contributed by atoms with Crippen LogP contribution in [-0.4, -0.2) is 48.2 Å². The lowest BCUT2D eigenvalue weighted by Crippen LogP contribution is -2.43. The SMILES string of the molecule is CNC(=O)/C=C/C1=CN2C(=O)c3ccc(C)c(O)c3NC(OC)C2C1. The fourth-order valence-electron chi connectivity index (χ4n) is 3.12. The summed E-state index contributed by atoms with van der Waals surface area (Å²) in [5.74, 6) is -0.370. The van der Waals surface area contributed by atoms with Gasteiger partial charge in [-0.25, -0.2) is 0 Å². The smallest absolute Gasteiger partial charge is 0.260 e. The van der Waals surface area contributed by atoms with Crippen LogP contribution in [-0.2, 0) is 9.53 Å². The highest BCUT2D eigenvalue weighted by Gasteiger charge is 2.40. The second kappa shape index (κ2) is 6.60. The zero-order valence-electron chi connectivity index (χ0n) is 14.4. The molecule has 0 bridgehead atoms. The Bertz CT molecular complexity index is 785. The molecule has 2 aliphatic heterocycles. The van der Waals surface area contributed by atoms with Crippen LogP contribution in [0.1, 0.15) is 22.3 Å². The fraction of sp³-hybridized carbons (Fsp3) is 0.333. The van der Waals surface area contributed by atoms with Crippen LogP contribution in [0.5, 0.6) is 5.75 Å². The summed E-state index contributed by atoms with van der Waals surface area (Å²) in [5.41, 5.74) is 2.31. The number of rotatable bonds is 3. The summed E-state index contributed by atoms with van der Waals surface area (Å²) in [6.45, 7) is 1.77. The van der Waals surface area contributed by atoms with E-state index in [1.807, 2.05) is 0 Å². The number of carbonyl (C=O) groups excluding carboxylic acids is 2. The molecule has 132 valence electrons. The van der Waals surface area contributed by atoms with Crippen LogP contribution in [0.25, 0.3) is 0 Å². The van der Waals surface area contributed by atoms with E-state index in [2.05, 4.69) is 10.6 Å². The van der Waals surface area contributed by atoms with Crippen molar-refractivity contribution in [2.24, 2.45) is 0 Å². The highest BCUT2D eigenvalue weighted by Crippen LogP contribution is 2.38. The molecular weight excluding hydrogens is 322 g/mol. The number of hydrogen-bond acceptors (Lipinski definition) is 5. The number of anilines is 1. The Kier molecular flexibility index (Phi) is 4.50. The minimum absolute atomic E-state index is 0.0535. The van der Waals surface area contributed by atoms with Crippen molar-refractivity contribution in [2.45, 2.75) is 25.6 Å². The highest BCUT2D eigenvalue weighted by molar-refractivity contribution is 6.03. The van der Waals surface area contributed by atoms with Gasteiger partial charge >= 0.3 is 0 Å². The number of nitrogens with one attached hydrogen (secondary N) is 2. The van der Waals surface area contributed by atoms with Crippen molar-refractivity contribution in [1.82, 2.24) is 10.2 Å². The molecule has 1 aromatic rings. The van der Waals surface area contributed by atoms with Crippen molar-refractivity contribution >= 4 is 17.5 Å². The lowest BCUT2D eigenvalue weighted by atomic mass is 10.1. The van der Waals surface area contributed by atoms with Gasteiger partial charge in [0.05, 0.1) is 17.3 Å². The number of likely N-dealkylation sites (N-methyl/N-ethyl adjacent to an activating group) is 1. The predicted molar refractivity (Wildman–Crippen MR) is 93.1 cm³/mol. The van der Waals surface area contributed by atoms with Crippen molar-refractivity contribution in [1.29, 1.82) is 0 Å². The van der Waals surface area contributed by atoms with Gasteiger partial charge in [-0.3, -0.25) is 9.59 Å². The standard InChI is InChI=1S/C18H21N3O4/c1-10-4-6-12-15(16(10)23)20-17(25-3)13-8-11(5-7-14(22)19-2)9-21(13)18(12)24/h4-7,9,13,17,20,23H,8H2,1-3H3,(H,19,22)/b7-5+. The number of hydrogen-bond donors (Lipinski definition) is 3. The zero-order valence-corrected chi connectivity index (χ0v) is 14.4. The minimum atomic E-state index is -0.486. The van der Waals surface area contributed by atoms with E-state index in [4.69, 9.17) is 4.74 Å². The molecule has 0 spiro atoms. The summed E-state index contributed by atoms with van der Waals surface area (Å²) in [6, 6.07) is 3.14. The third kappa shape index (κ3) is 2.98. The summed E-state index contributed by atoms with van der Waals surface area (Å²) in [4.78, 5) is 25.9. The number of ether oxygens (including phenoxy) is 1. The molecule has 25 heavy (non-hydrogen) atoms. The van der Waals surface area contributed by atoms with E-state index in [0.717, 1.165) is 5.57 Å². The molecule has 3 N–H and O–H groups in total. The Morgan fingerprint density at radius 2 is 2.24 bits per heavy atom. The topological polar surface area (TPSA) is 90.9 Å². The molecule has 0 saturated carbocycles. The first-order valence-electron chi connectivity index (χ1n) is 8.01. The molecule has 0 aliphatic carbocycles. The summed E-state index contributed by atoms with van der Waals surface area (Å²) in [5, 5.41) is 16.0. The van der Waals surface area contributed by atoms with Crippen LogP contribution in [0.3, 0.4) is 0 Å². The number of nitrogens with zero attached hydrogens (tertiary/aromatic N) is 1. The summed E-state index contributed by atoms with van der Waals surface area (Å²) in [7, 11) is 3.11. The normalized spacial score (nSPS) is 22.1. The van der Waals surface area contributed by atoms with Crippen LogP contribution >= 0.6 is 0 Å². The van der Waals surface area contributed by atoms with E-state index in [-0.39, 0.29) is 23.6 Å². The minimum Gasteiger partial charge on any atom is -0.505 e. The number of allylic oxidation sites excluding steroid dienone is 1. The van der Waals surface area contributed by atoms with Gasteiger partial charge in [-0.2, -0.15) is 0 Å². The van der Waals surface area contributed by atoms with Gasteiger partial charge in [-0.1, -0.05) is 12.1 Å². The monoisotopic (exact) mass is 343 g/mol. The molecule has 7 nitrogen and oxygen atoms in total. The summed E-state index contributed by atoms with van der Waals surface area (Å²) >= 11 is 0. The molecule has 1 aromatic carbocycles. The fourth-order valence-corrected chi connectivity index (χ4v) is 3.12. The molecule has 3 rings (SSSR count). The number of amides is 2. The zero-order chi connectivity index (χ0) is 18.1. The van der Waals surface area contributed by atoms with Crippen molar-refractivity contribution in [3.05, 3.63) is 47.2 Å². The molecule has 7 heteroatoms. The molecule has 2 amide bonds. The van der Waals surface area contributed by atoms with Crippen molar-refractivity contribution in [2.75, 3.05) is 19.5 Å². The quantitative estimate of drug-likeness (QED) is 0.571. The van der Waals surface area contributed by atoms with Gasteiger partial charge in [0.25, 0.3) is 5.91 Å². The van der Waals surface area contributed by atoms with Crippen LogP contribution in [0.15, 0.2) is 36.1 Å². The maximum absolute atomic E-state index is 13.0. The molecule has 0 saturated heterocycles. The molecule has 2 heterocycles. The maximum atomic E-state index is 13.0. The van der Waals surface area contributed by atoms with Crippen LogP contribution in [0.4, 0.5) is 5.69 Å². The highest BCUT2D eigenvalue weighted by atomic mass is 16.5. The number of phenols is 1. The number of phenolic OH excluding ortho intramolecular Hbond substituents is 1. The third-order valence-electron chi connectivity index (χ3n) is 4.54. The summed E-state index contributed by atoms with van der Waals surface area (Å²) < 4.78 is 5.53. The number of carbonyl (C=O) groups is 2. The van der Waals surface area contributed by atoms with Gasteiger partial charge in [0, 0.05) is 26.4 Å². The Hall–Kier alpha value is -2.80. The van der Waals surface area contributed by atoms with Gasteiger partial charge < -0.3 is 25.4 Å². The van der Waals surface area contributed by atoms with E-state index in [1.165, 1.54) is 6.08 Å². The largest absolute Gasteiger partial charge is 0.505 e. The molecular formula is C18H21N3O4. The predicted octanol–water partition coefficient (Wildman–Crippen LogP) is 1.50. The number of fused-ring (bicyclic) bond motifs is 2. The first kappa shape index (κ1) is 17.0. The molecule has 2 aliphatic rings. The van der Waals surface area contributed by atoms with E-state index in [9.17, 15) is 14.7 Å². The lowest BCUT2D eigenvalue weighted by Gasteiger charge is -2.27. The Morgan fingerprint density at radius 3 is 2.92 bits per heavy atom.